The fraction of sp³-hybridized carbons (Fsp3) is 0.286. The van der Waals surface area contributed by atoms with Crippen LogP contribution in [0.25, 0.3) is 11.3 Å². The molecule has 4 heterocycles. The minimum Gasteiger partial charge on any atom is -0.365 e. The minimum absolute atomic E-state index is 0.0471. The summed E-state index contributed by atoms with van der Waals surface area (Å²) in [6.45, 7) is 1.77. The van der Waals surface area contributed by atoms with Gasteiger partial charge in [-0.1, -0.05) is 11.6 Å². The Morgan fingerprint density at radius 3 is 2.36 bits per heavy atom. The van der Waals surface area contributed by atoms with Crippen molar-refractivity contribution in [2.45, 2.75) is 18.5 Å². The smallest absolute Gasteiger partial charge is 0.255 e. The second-order valence-electron chi connectivity index (χ2n) is 7.40. The van der Waals surface area contributed by atoms with Crippen LogP contribution < -0.4 is 15.4 Å². The van der Waals surface area contributed by atoms with E-state index >= 15 is 0 Å². The molecule has 3 aromatic rings. The number of anilines is 2. The van der Waals surface area contributed by atoms with Gasteiger partial charge in [0.15, 0.2) is 0 Å². The van der Waals surface area contributed by atoms with E-state index in [2.05, 4.69) is 26.9 Å². The molecule has 2 saturated heterocycles. The molecule has 2 aliphatic rings. The summed E-state index contributed by atoms with van der Waals surface area (Å²) >= 11 is 6.03. The molecule has 2 aromatic heterocycles. The van der Waals surface area contributed by atoms with Crippen molar-refractivity contribution in [1.29, 1.82) is 0 Å². The maximum Gasteiger partial charge on any atom is 0.255 e. The second-order valence-corrected chi connectivity index (χ2v) is 7.84. The van der Waals surface area contributed by atoms with E-state index in [1.165, 1.54) is 5.69 Å². The summed E-state index contributed by atoms with van der Waals surface area (Å²) in [5.74, 6) is 0.738. The summed E-state index contributed by atoms with van der Waals surface area (Å²) in [5.41, 5.74) is 2.75. The molecule has 2 bridgehead atoms. The number of fused-ring (bicyclic) bond motifs is 2. The lowest BCUT2D eigenvalue weighted by Crippen LogP contribution is -2.48. The highest BCUT2D eigenvalue weighted by Crippen LogP contribution is 2.37. The number of hydrogen-bond donors (Lipinski definition) is 0. The summed E-state index contributed by atoms with van der Waals surface area (Å²) < 4.78 is 1.65. The molecule has 1 unspecified atom stereocenters. The van der Waals surface area contributed by atoms with E-state index in [4.69, 9.17) is 16.6 Å². The summed E-state index contributed by atoms with van der Waals surface area (Å²) in [6.07, 6.45) is 4.50. The highest BCUT2D eigenvalue weighted by atomic mass is 35.5. The average Bonchev–Trinajstić information content (AvgIpc) is 3.32. The van der Waals surface area contributed by atoms with Gasteiger partial charge < -0.3 is 9.80 Å². The van der Waals surface area contributed by atoms with Gasteiger partial charge in [0, 0.05) is 60.9 Å². The summed E-state index contributed by atoms with van der Waals surface area (Å²) in [5, 5.41) is 0.752. The number of piperazine rings is 1. The second kappa shape index (κ2) is 6.63. The van der Waals surface area contributed by atoms with Crippen LogP contribution in [0.5, 0.6) is 0 Å². The molecule has 0 aliphatic carbocycles. The van der Waals surface area contributed by atoms with E-state index in [0.29, 0.717) is 17.8 Å². The Kier molecular flexibility index (Phi) is 4.09. The molecule has 5 rings (SSSR count). The predicted octanol–water partition coefficient (Wildman–Crippen LogP) is 2.96. The molecule has 2 aliphatic heterocycles. The number of pyridine rings is 1. The molecule has 142 valence electrons. The Labute approximate surface area is 168 Å². The maximum absolute atomic E-state index is 12.6. The van der Waals surface area contributed by atoms with Crippen molar-refractivity contribution in [2.75, 3.05) is 22.9 Å². The third-order valence-electron chi connectivity index (χ3n) is 5.74. The van der Waals surface area contributed by atoms with Crippen LogP contribution in [0.3, 0.4) is 0 Å². The van der Waals surface area contributed by atoms with Gasteiger partial charge in [-0.15, -0.1) is 0 Å². The van der Waals surface area contributed by atoms with Gasteiger partial charge in [-0.2, -0.15) is 0 Å². The molecule has 6 nitrogen and oxygen atoms in total. The van der Waals surface area contributed by atoms with E-state index < -0.39 is 0 Å². The maximum atomic E-state index is 12.6. The van der Waals surface area contributed by atoms with Crippen LogP contribution in [0.4, 0.5) is 11.6 Å². The van der Waals surface area contributed by atoms with Gasteiger partial charge in [0.25, 0.3) is 5.56 Å². The van der Waals surface area contributed by atoms with Crippen molar-refractivity contribution in [2.24, 2.45) is 7.05 Å². The zero-order valence-corrected chi connectivity index (χ0v) is 16.3. The van der Waals surface area contributed by atoms with E-state index in [1.54, 1.807) is 30.1 Å². The van der Waals surface area contributed by atoms with Crippen LogP contribution in [0, 0.1) is 0 Å². The molecule has 2 atom stereocenters. The third-order valence-corrected chi connectivity index (χ3v) is 6.00. The standard InChI is InChI=1S/C21H20ClN5O/c1-25-20(28)11-19(14-6-8-23-9-7-14)24-21(25)27-13-17-10-18(27)12-26(17)16-4-2-15(22)3-5-16/h2-9,11,17-18H,10,12-13H2,1H3/t17?,18-/m0/s1. The first kappa shape index (κ1) is 17.3. The summed E-state index contributed by atoms with van der Waals surface area (Å²) in [7, 11) is 1.80. The van der Waals surface area contributed by atoms with Crippen molar-refractivity contribution < 1.29 is 0 Å². The SMILES string of the molecule is Cn1c(N2CC3C[C@H]2CN3c2ccc(Cl)cc2)nc(-c2ccncc2)cc1=O. The number of halogens is 1. The monoisotopic (exact) mass is 393 g/mol. The summed E-state index contributed by atoms with van der Waals surface area (Å²) in [4.78, 5) is 26.2. The number of aromatic nitrogens is 3. The molecular weight excluding hydrogens is 374 g/mol. The van der Waals surface area contributed by atoms with Crippen LogP contribution in [0.1, 0.15) is 6.42 Å². The van der Waals surface area contributed by atoms with Crippen molar-refractivity contribution >= 4 is 23.2 Å². The van der Waals surface area contributed by atoms with Gasteiger partial charge in [-0.05, 0) is 42.8 Å². The molecular formula is C21H20ClN5O. The molecule has 0 N–H and O–H groups in total. The first-order valence-corrected chi connectivity index (χ1v) is 9.75. The molecule has 0 amide bonds. The van der Waals surface area contributed by atoms with E-state index in [0.717, 1.165) is 36.0 Å². The Morgan fingerprint density at radius 1 is 1.00 bits per heavy atom. The molecule has 7 heteroatoms. The molecule has 0 saturated carbocycles. The Balaban J connectivity index is 1.45. The first-order chi connectivity index (χ1) is 13.6. The lowest BCUT2D eigenvalue weighted by molar-refractivity contribution is 0.615. The molecule has 28 heavy (non-hydrogen) atoms. The predicted molar refractivity (Wildman–Crippen MR) is 111 cm³/mol. The lowest BCUT2D eigenvalue weighted by atomic mass is 10.2. The number of hydrogen-bond acceptors (Lipinski definition) is 5. The van der Waals surface area contributed by atoms with Gasteiger partial charge in [-0.3, -0.25) is 14.3 Å². The highest BCUT2D eigenvalue weighted by molar-refractivity contribution is 6.30. The largest absolute Gasteiger partial charge is 0.365 e. The molecule has 0 spiro atoms. The zero-order chi connectivity index (χ0) is 19.3. The lowest BCUT2D eigenvalue weighted by Gasteiger charge is -2.36. The van der Waals surface area contributed by atoms with Gasteiger partial charge >= 0.3 is 0 Å². The fourth-order valence-electron chi connectivity index (χ4n) is 4.32. The third kappa shape index (κ3) is 2.85. The van der Waals surface area contributed by atoms with Crippen LogP contribution in [-0.4, -0.2) is 39.7 Å². The number of rotatable bonds is 3. The Morgan fingerprint density at radius 2 is 1.68 bits per heavy atom. The topological polar surface area (TPSA) is 54.3 Å². The van der Waals surface area contributed by atoms with Crippen molar-refractivity contribution in [1.82, 2.24) is 14.5 Å². The van der Waals surface area contributed by atoms with E-state index in [1.807, 2.05) is 24.3 Å². The average molecular weight is 394 g/mol. The van der Waals surface area contributed by atoms with Crippen LogP contribution in [-0.2, 0) is 7.05 Å². The number of nitrogens with zero attached hydrogens (tertiary/aromatic N) is 5. The van der Waals surface area contributed by atoms with Gasteiger partial charge in [-0.25, -0.2) is 4.98 Å². The van der Waals surface area contributed by atoms with Crippen LogP contribution >= 0.6 is 11.6 Å². The van der Waals surface area contributed by atoms with Gasteiger partial charge in [0.05, 0.1) is 11.7 Å². The fourth-order valence-corrected chi connectivity index (χ4v) is 4.44. The quantitative estimate of drug-likeness (QED) is 0.684. The molecule has 2 fully saturated rings. The molecule has 0 radical (unpaired) electrons. The van der Waals surface area contributed by atoms with Gasteiger partial charge in [0.2, 0.25) is 5.95 Å². The van der Waals surface area contributed by atoms with Crippen molar-refractivity contribution in [3.8, 4) is 11.3 Å². The van der Waals surface area contributed by atoms with Crippen LogP contribution in [0.2, 0.25) is 5.02 Å². The first-order valence-electron chi connectivity index (χ1n) is 9.37. The van der Waals surface area contributed by atoms with Crippen LogP contribution in [0.15, 0.2) is 59.7 Å². The zero-order valence-electron chi connectivity index (χ0n) is 15.5. The normalized spacial score (nSPS) is 20.8. The summed E-state index contributed by atoms with van der Waals surface area (Å²) in [6, 6.07) is 14.1. The van der Waals surface area contributed by atoms with E-state index in [9.17, 15) is 4.79 Å². The Bertz CT molecular complexity index is 1070. The minimum atomic E-state index is -0.0471. The number of benzene rings is 1. The van der Waals surface area contributed by atoms with E-state index in [-0.39, 0.29) is 5.56 Å². The Hall–Kier alpha value is -2.86. The van der Waals surface area contributed by atoms with Gasteiger partial charge in [0.1, 0.15) is 0 Å². The van der Waals surface area contributed by atoms with Crippen molar-refractivity contribution in [3.63, 3.8) is 0 Å². The van der Waals surface area contributed by atoms with Crippen molar-refractivity contribution in [3.05, 3.63) is 70.2 Å². The molecule has 1 aromatic carbocycles. The highest BCUT2D eigenvalue weighted by Gasteiger charge is 2.44.